The Morgan fingerprint density at radius 2 is 1.83 bits per heavy atom. The van der Waals surface area contributed by atoms with Crippen molar-refractivity contribution in [1.29, 1.82) is 0 Å². The second-order valence-corrected chi connectivity index (χ2v) is 7.02. The zero-order valence-corrected chi connectivity index (χ0v) is 14.6. The normalized spacial score (nSPS) is 21.2. The first-order valence-corrected chi connectivity index (χ1v) is 7.93. The smallest absolute Gasteiger partial charge is 0.411 e. The van der Waals surface area contributed by atoms with Crippen molar-refractivity contribution >= 4 is 23.7 Å². The van der Waals surface area contributed by atoms with Crippen LogP contribution in [0.15, 0.2) is 24.3 Å². The van der Waals surface area contributed by atoms with Gasteiger partial charge in [-0.25, -0.2) is 9.59 Å². The molecule has 2 rings (SSSR count). The van der Waals surface area contributed by atoms with Gasteiger partial charge in [-0.3, -0.25) is 4.90 Å². The van der Waals surface area contributed by atoms with Gasteiger partial charge >= 0.3 is 12.1 Å². The molecule has 0 spiro atoms. The van der Waals surface area contributed by atoms with Gasteiger partial charge in [0.05, 0.1) is 7.11 Å². The van der Waals surface area contributed by atoms with Crippen molar-refractivity contribution in [1.82, 2.24) is 4.90 Å². The molecule has 0 saturated carbocycles. The first-order valence-electron chi connectivity index (χ1n) is 7.56. The van der Waals surface area contributed by atoms with Crippen LogP contribution in [0.3, 0.4) is 0 Å². The van der Waals surface area contributed by atoms with Crippen LogP contribution < -0.4 is 0 Å². The van der Waals surface area contributed by atoms with Crippen molar-refractivity contribution in [2.24, 2.45) is 0 Å². The summed E-state index contributed by atoms with van der Waals surface area (Å²) in [5.41, 5.74) is 0.340. The zero-order valence-electron chi connectivity index (χ0n) is 13.8. The third kappa shape index (κ3) is 4.16. The summed E-state index contributed by atoms with van der Waals surface area (Å²) in [5, 5.41) is 0.630. The number of methoxy groups -OCH3 is 1. The fourth-order valence-electron chi connectivity index (χ4n) is 2.79. The summed E-state index contributed by atoms with van der Waals surface area (Å²) < 4.78 is 10.3. The van der Waals surface area contributed by atoms with Crippen molar-refractivity contribution in [2.75, 3.05) is 13.7 Å². The van der Waals surface area contributed by atoms with E-state index >= 15 is 0 Å². The maximum Gasteiger partial charge on any atom is 0.411 e. The molecule has 0 radical (unpaired) electrons. The number of rotatable bonds is 2. The van der Waals surface area contributed by atoms with E-state index in [0.29, 0.717) is 18.0 Å². The molecule has 1 aromatic rings. The second-order valence-electron chi connectivity index (χ2n) is 6.59. The molecule has 1 saturated heterocycles. The van der Waals surface area contributed by atoms with E-state index in [2.05, 4.69) is 0 Å². The highest BCUT2D eigenvalue weighted by Crippen LogP contribution is 2.35. The average molecular weight is 340 g/mol. The van der Waals surface area contributed by atoms with Crippen LogP contribution in [0.2, 0.25) is 5.02 Å². The summed E-state index contributed by atoms with van der Waals surface area (Å²) in [7, 11) is 1.33. The highest BCUT2D eigenvalue weighted by atomic mass is 35.5. The molecule has 1 aromatic carbocycles. The van der Waals surface area contributed by atoms with Crippen LogP contribution in [-0.4, -0.2) is 42.3 Å². The molecule has 6 heteroatoms. The van der Waals surface area contributed by atoms with Crippen LogP contribution in [0.25, 0.3) is 0 Å². The lowest BCUT2D eigenvalue weighted by Gasteiger charge is -2.29. The predicted octanol–water partition coefficient (Wildman–Crippen LogP) is 3.61. The highest BCUT2D eigenvalue weighted by Gasteiger charge is 2.44. The maximum absolute atomic E-state index is 12.4. The van der Waals surface area contributed by atoms with E-state index in [1.165, 1.54) is 12.0 Å². The lowest BCUT2D eigenvalue weighted by atomic mass is 9.92. The van der Waals surface area contributed by atoms with Crippen LogP contribution in [0, 0.1) is 0 Å². The molecule has 23 heavy (non-hydrogen) atoms. The fourth-order valence-corrected chi connectivity index (χ4v) is 2.91. The molecule has 1 amide bonds. The number of halogens is 1. The molecule has 126 valence electrons. The van der Waals surface area contributed by atoms with Gasteiger partial charge in [0.1, 0.15) is 11.6 Å². The largest absolute Gasteiger partial charge is 0.467 e. The molecule has 2 atom stereocenters. The lowest BCUT2D eigenvalue weighted by molar-refractivity contribution is -0.146. The third-order valence-electron chi connectivity index (χ3n) is 3.77. The standard InChI is InChI=1S/C17H22ClNO4/c1-17(2,3)23-16(21)19-10-9-13(14(19)15(20)22-4)11-5-7-12(18)8-6-11/h5-8,13-14H,9-10H2,1-4H3/t13-,14+/m1/s1. The number of hydrogen-bond donors (Lipinski definition) is 0. The predicted molar refractivity (Wildman–Crippen MR) is 87.6 cm³/mol. The molecule has 5 nitrogen and oxygen atoms in total. The van der Waals surface area contributed by atoms with Gasteiger partial charge in [0.2, 0.25) is 0 Å². The second kappa shape index (κ2) is 6.79. The monoisotopic (exact) mass is 339 g/mol. The summed E-state index contributed by atoms with van der Waals surface area (Å²) in [6, 6.07) is 6.63. The molecule has 0 N–H and O–H groups in total. The van der Waals surface area contributed by atoms with E-state index in [0.717, 1.165) is 5.56 Å². The van der Waals surface area contributed by atoms with Gasteiger partial charge in [0.25, 0.3) is 0 Å². The third-order valence-corrected chi connectivity index (χ3v) is 4.02. The Kier molecular flexibility index (Phi) is 5.19. The highest BCUT2D eigenvalue weighted by molar-refractivity contribution is 6.30. The molecule has 0 bridgehead atoms. The van der Waals surface area contributed by atoms with Gasteiger partial charge in [-0.05, 0) is 44.9 Å². The van der Waals surface area contributed by atoms with Crippen molar-refractivity contribution in [3.63, 3.8) is 0 Å². The van der Waals surface area contributed by atoms with Gasteiger partial charge in [-0.15, -0.1) is 0 Å². The minimum absolute atomic E-state index is 0.132. The molecule has 0 unspecified atom stereocenters. The Morgan fingerprint density at radius 1 is 1.22 bits per heavy atom. The topological polar surface area (TPSA) is 55.8 Å². The van der Waals surface area contributed by atoms with E-state index in [9.17, 15) is 9.59 Å². The Bertz CT molecular complexity index is 579. The van der Waals surface area contributed by atoms with E-state index in [1.807, 2.05) is 12.1 Å². The number of carbonyl (C=O) groups is 2. The Morgan fingerprint density at radius 3 is 2.35 bits per heavy atom. The number of esters is 1. The summed E-state index contributed by atoms with van der Waals surface area (Å²) >= 11 is 5.92. The summed E-state index contributed by atoms with van der Waals surface area (Å²) in [6.07, 6.45) is 0.171. The first kappa shape index (κ1) is 17.6. The van der Waals surface area contributed by atoms with Crippen LogP contribution in [0.4, 0.5) is 4.79 Å². The number of benzene rings is 1. The number of ether oxygens (including phenoxy) is 2. The van der Waals surface area contributed by atoms with Gasteiger partial charge in [-0.2, -0.15) is 0 Å². The number of carbonyl (C=O) groups excluding carboxylic acids is 2. The van der Waals surface area contributed by atoms with Crippen LogP contribution in [-0.2, 0) is 14.3 Å². The Labute approximate surface area is 141 Å². The number of hydrogen-bond acceptors (Lipinski definition) is 4. The van der Waals surface area contributed by atoms with E-state index in [-0.39, 0.29) is 5.92 Å². The van der Waals surface area contributed by atoms with E-state index < -0.39 is 23.7 Å². The molecule has 0 aromatic heterocycles. The number of nitrogens with zero attached hydrogens (tertiary/aromatic N) is 1. The lowest BCUT2D eigenvalue weighted by Crippen LogP contribution is -2.45. The maximum atomic E-state index is 12.4. The van der Waals surface area contributed by atoms with Gasteiger partial charge < -0.3 is 9.47 Å². The Hall–Kier alpha value is -1.75. The van der Waals surface area contributed by atoms with Crippen molar-refractivity contribution in [3.05, 3.63) is 34.9 Å². The zero-order chi connectivity index (χ0) is 17.2. The van der Waals surface area contributed by atoms with Crippen molar-refractivity contribution in [3.8, 4) is 0 Å². The van der Waals surface area contributed by atoms with Crippen LogP contribution >= 0.6 is 11.6 Å². The average Bonchev–Trinajstić information content (AvgIpc) is 2.90. The van der Waals surface area contributed by atoms with Gasteiger partial charge in [-0.1, -0.05) is 23.7 Å². The molecule has 1 fully saturated rings. The van der Waals surface area contributed by atoms with Crippen molar-refractivity contribution in [2.45, 2.75) is 44.8 Å². The first-order chi connectivity index (χ1) is 10.7. The quantitative estimate of drug-likeness (QED) is 0.772. The Balaban J connectivity index is 2.26. The fraction of sp³-hybridized carbons (Fsp3) is 0.529. The number of likely N-dealkylation sites (tertiary alicyclic amines) is 1. The van der Waals surface area contributed by atoms with Crippen molar-refractivity contribution < 1.29 is 19.1 Å². The molecular formula is C17H22ClNO4. The summed E-state index contributed by atoms with van der Waals surface area (Å²) in [5.74, 6) is -0.569. The van der Waals surface area contributed by atoms with E-state index in [4.69, 9.17) is 21.1 Å². The molecular weight excluding hydrogens is 318 g/mol. The minimum Gasteiger partial charge on any atom is -0.467 e. The van der Waals surface area contributed by atoms with Crippen LogP contribution in [0.5, 0.6) is 0 Å². The van der Waals surface area contributed by atoms with Gasteiger partial charge in [0, 0.05) is 17.5 Å². The van der Waals surface area contributed by atoms with E-state index in [1.54, 1.807) is 32.9 Å². The number of amides is 1. The molecule has 1 aliphatic heterocycles. The van der Waals surface area contributed by atoms with Crippen LogP contribution in [0.1, 0.15) is 38.7 Å². The summed E-state index contributed by atoms with van der Waals surface area (Å²) in [4.78, 5) is 26.1. The van der Waals surface area contributed by atoms with Gasteiger partial charge in [0.15, 0.2) is 0 Å². The SMILES string of the molecule is COC(=O)[C@@H]1[C@@H](c2ccc(Cl)cc2)CCN1C(=O)OC(C)(C)C. The minimum atomic E-state index is -0.684. The summed E-state index contributed by atoms with van der Waals surface area (Å²) in [6.45, 7) is 5.84. The molecule has 1 heterocycles. The molecule has 0 aliphatic carbocycles. The molecule has 1 aliphatic rings.